The van der Waals surface area contributed by atoms with Crippen LogP contribution in [0.2, 0.25) is 0 Å². The van der Waals surface area contributed by atoms with Crippen LogP contribution in [-0.2, 0) is 16.4 Å². The van der Waals surface area contributed by atoms with Crippen LogP contribution < -0.4 is 15.2 Å². The van der Waals surface area contributed by atoms with Crippen LogP contribution in [0.4, 0.5) is 5.69 Å². The lowest BCUT2D eigenvalue weighted by molar-refractivity contribution is 0.280. The number of hydrogen-bond acceptors (Lipinski definition) is 4. The summed E-state index contributed by atoms with van der Waals surface area (Å²) < 4.78 is 33.4. The van der Waals surface area contributed by atoms with Crippen LogP contribution in [0.15, 0.2) is 17.0 Å². The van der Waals surface area contributed by atoms with E-state index in [1.807, 2.05) is 13.8 Å². The molecule has 3 rings (SSSR count). The van der Waals surface area contributed by atoms with Gasteiger partial charge in [0.25, 0.3) is 0 Å². The molecule has 1 saturated carbocycles. The van der Waals surface area contributed by atoms with Gasteiger partial charge in [0.05, 0.1) is 6.61 Å². The second-order valence-electron chi connectivity index (χ2n) is 6.33. The third kappa shape index (κ3) is 2.38. The summed E-state index contributed by atoms with van der Waals surface area (Å²) >= 11 is 0. The quantitative estimate of drug-likeness (QED) is 0.831. The van der Waals surface area contributed by atoms with Crippen molar-refractivity contribution in [1.82, 2.24) is 4.72 Å². The number of nitrogen functional groups attached to an aromatic ring is 1. The second kappa shape index (κ2) is 4.36. The van der Waals surface area contributed by atoms with Gasteiger partial charge < -0.3 is 10.5 Å². The van der Waals surface area contributed by atoms with Crippen LogP contribution >= 0.6 is 0 Å². The maximum Gasteiger partial charge on any atom is 0.244 e. The second-order valence-corrected chi connectivity index (χ2v) is 8.01. The van der Waals surface area contributed by atoms with Crippen molar-refractivity contribution in [2.45, 2.75) is 44.0 Å². The van der Waals surface area contributed by atoms with Crippen molar-refractivity contribution in [3.05, 3.63) is 17.7 Å². The molecule has 0 bridgehead atoms. The molecule has 0 spiro atoms. The number of rotatable bonds is 3. The molecule has 0 radical (unpaired) electrons. The molecule has 5 nitrogen and oxygen atoms in total. The van der Waals surface area contributed by atoms with Crippen molar-refractivity contribution >= 4 is 15.7 Å². The molecule has 1 aromatic carbocycles. The number of nitrogens with one attached hydrogen (secondary N) is 1. The minimum Gasteiger partial charge on any atom is -0.492 e. The van der Waals surface area contributed by atoms with Gasteiger partial charge in [-0.15, -0.1) is 0 Å². The van der Waals surface area contributed by atoms with Gasteiger partial charge in [0.2, 0.25) is 10.0 Å². The van der Waals surface area contributed by atoms with E-state index in [4.69, 9.17) is 10.5 Å². The zero-order chi connectivity index (χ0) is 14.5. The minimum absolute atomic E-state index is 0.00632. The van der Waals surface area contributed by atoms with E-state index in [0.29, 0.717) is 18.0 Å². The predicted octanol–water partition coefficient (Wildman–Crippen LogP) is 1.67. The molecule has 6 heteroatoms. The highest BCUT2D eigenvalue weighted by atomic mass is 32.2. The lowest BCUT2D eigenvalue weighted by Crippen LogP contribution is -2.29. The van der Waals surface area contributed by atoms with E-state index in [1.54, 1.807) is 6.07 Å². The summed E-state index contributed by atoms with van der Waals surface area (Å²) in [7, 11) is -3.59. The smallest absolute Gasteiger partial charge is 0.244 e. The van der Waals surface area contributed by atoms with Crippen LogP contribution in [-0.4, -0.2) is 21.1 Å². The maximum atomic E-state index is 12.5. The van der Waals surface area contributed by atoms with Crippen LogP contribution in [0.25, 0.3) is 0 Å². The Balaban J connectivity index is 1.99. The van der Waals surface area contributed by atoms with Crippen LogP contribution in [0.3, 0.4) is 0 Å². The molecular formula is C14H20N2O3S. The molecule has 110 valence electrons. The average molecular weight is 296 g/mol. The Hall–Kier alpha value is -1.27. The van der Waals surface area contributed by atoms with Gasteiger partial charge in [-0.2, -0.15) is 0 Å². The van der Waals surface area contributed by atoms with Crippen molar-refractivity contribution < 1.29 is 13.2 Å². The number of hydrogen-bond donors (Lipinski definition) is 2. The summed E-state index contributed by atoms with van der Waals surface area (Å²) in [5.41, 5.74) is 7.21. The van der Waals surface area contributed by atoms with Gasteiger partial charge in [-0.3, -0.25) is 0 Å². The fourth-order valence-corrected chi connectivity index (χ4v) is 4.22. The van der Waals surface area contributed by atoms with Crippen molar-refractivity contribution in [2.24, 2.45) is 5.41 Å². The Kier molecular flexibility index (Phi) is 2.99. The van der Waals surface area contributed by atoms with E-state index >= 15 is 0 Å². The van der Waals surface area contributed by atoms with E-state index in [9.17, 15) is 8.42 Å². The molecule has 3 N–H and O–H groups in total. The third-order valence-corrected chi connectivity index (χ3v) is 5.57. The molecule has 0 amide bonds. The number of benzene rings is 1. The summed E-state index contributed by atoms with van der Waals surface area (Å²) in [6, 6.07) is 3.28. The monoisotopic (exact) mass is 296 g/mol. The Bertz CT molecular complexity index is 653. The molecule has 1 aromatic rings. The lowest BCUT2D eigenvalue weighted by Gasteiger charge is -2.21. The standard InChI is InChI=1S/C14H20N2O3S/c1-14(2)8-12(14)16-20(17,18)11-7-10(15)6-9-4-3-5-19-13(9)11/h6-7,12,16H,3-5,8,15H2,1-2H3. The van der Waals surface area contributed by atoms with Gasteiger partial charge in [-0.1, -0.05) is 13.8 Å². The van der Waals surface area contributed by atoms with Gasteiger partial charge in [0, 0.05) is 11.7 Å². The molecule has 0 saturated heterocycles. The normalized spacial score (nSPS) is 23.8. The number of anilines is 1. The molecule has 0 aromatic heterocycles. The number of ether oxygens (including phenoxy) is 1. The maximum absolute atomic E-state index is 12.5. The molecule has 2 aliphatic rings. The fourth-order valence-electron chi connectivity index (χ4n) is 2.59. The summed E-state index contributed by atoms with van der Waals surface area (Å²) in [4.78, 5) is 0.176. The Morgan fingerprint density at radius 1 is 1.40 bits per heavy atom. The average Bonchev–Trinajstić information content (AvgIpc) is 2.94. The zero-order valence-electron chi connectivity index (χ0n) is 11.8. The fraction of sp³-hybridized carbons (Fsp3) is 0.571. The molecule has 1 aliphatic carbocycles. The summed E-state index contributed by atoms with van der Waals surface area (Å²) in [6.45, 7) is 4.64. The van der Waals surface area contributed by atoms with Gasteiger partial charge in [-0.25, -0.2) is 13.1 Å². The summed E-state index contributed by atoms with van der Waals surface area (Å²) in [5, 5.41) is 0. The number of sulfonamides is 1. The van der Waals surface area contributed by atoms with E-state index in [2.05, 4.69) is 4.72 Å². The van der Waals surface area contributed by atoms with E-state index in [-0.39, 0.29) is 16.4 Å². The summed E-state index contributed by atoms with van der Waals surface area (Å²) in [6.07, 6.45) is 2.55. The Morgan fingerprint density at radius 3 is 2.75 bits per heavy atom. The lowest BCUT2D eigenvalue weighted by atomic mass is 10.1. The molecule has 1 fully saturated rings. The van der Waals surface area contributed by atoms with Crippen LogP contribution in [0.1, 0.15) is 32.3 Å². The summed E-state index contributed by atoms with van der Waals surface area (Å²) in [5.74, 6) is 0.469. The van der Waals surface area contributed by atoms with Crippen molar-refractivity contribution in [3.63, 3.8) is 0 Å². The van der Waals surface area contributed by atoms with Crippen molar-refractivity contribution in [1.29, 1.82) is 0 Å². The minimum atomic E-state index is -3.59. The Labute approximate surface area is 119 Å². The highest BCUT2D eigenvalue weighted by Gasteiger charge is 2.48. The molecule has 20 heavy (non-hydrogen) atoms. The first kappa shape index (κ1) is 13.7. The number of nitrogens with two attached hydrogens (primary N) is 1. The topological polar surface area (TPSA) is 81.4 Å². The SMILES string of the molecule is CC1(C)CC1NS(=O)(=O)c1cc(N)cc2c1OCCC2. The Morgan fingerprint density at radius 2 is 2.10 bits per heavy atom. The van der Waals surface area contributed by atoms with E-state index in [1.165, 1.54) is 6.07 Å². The number of fused-ring (bicyclic) bond motifs is 1. The molecule has 1 heterocycles. The van der Waals surface area contributed by atoms with Crippen molar-refractivity contribution in [2.75, 3.05) is 12.3 Å². The van der Waals surface area contributed by atoms with Gasteiger partial charge >= 0.3 is 0 Å². The largest absolute Gasteiger partial charge is 0.492 e. The first-order valence-electron chi connectivity index (χ1n) is 6.87. The highest BCUT2D eigenvalue weighted by molar-refractivity contribution is 7.89. The molecular weight excluding hydrogens is 276 g/mol. The number of aryl methyl sites for hydroxylation is 1. The first-order chi connectivity index (χ1) is 9.29. The molecule has 1 atom stereocenters. The predicted molar refractivity (Wildman–Crippen MR) is 77.2 cm³/mol. The van der Waals surface area contributed by atoms with Gasteiger partial charge in [0.15, 0.2) is 0 Å². The van der Waals surface area contributed by atoms with E-state index in [0.717, 1.165) is 24.8 Å². The van der Waals surface area contributed by atoms with E-state index < -0.39 is 10.0 Å². The third-order valence-electron chi connectivity index (χ3n) is 4.09. The zero-order valence-corrected chi connectivity index (χ0v) is 12.6. The van der Waals surface area contributed by atoms with Crippen LogP contribution in [0.5, 0.6) is 5.75 Å². The first-order valence-corrected chi connectivity index (χ1v) is 8.35. The molecule has 1 aliphatic heterocycles. The van der Waals surface area contributed by atoms with Gasteiger partial charge in [0.1, 0.15) is 10.6 Å². The van der Waals surface area contributed by atoms with Crippen LogP contribution in [0, 0.1) is 5.41 Å². The van der Waals surface area contributed by atoms with Crippen molar-refractivity contribution in [3.8, 4) is 5.75 Å². The van der Waals surface area contributed by atoms with Gasteiger partial charge in [-0.05, 0) is 42.4 Å². The molecule has 1 unspecified atom stereocenters. The highest BCUT2D eigenvalue weighted by Crippen LogP contribution is 2.46.